The van der Waals surface area contributed by atoms with Crippen molar-refractivity contribution >= 4 is 11.7 Å². The van der Waals surface area contributed by atoms with Gasteiger partial charge in [0.05, 0.1) is 24.1 Å². The summed E-state index contributed by atoms with van der Waals surface area (Å²) in [5.41, 5.74) is 2.79. The molecule has 1 amide bonds. The highest BCUT2D eigenvalue weighted by molar-refractivity contribution is 5.75. The third-order valence-electron chi connectivity index (χ3n) is 6.36. The molecule has 35 heavy (non-hydrogen) atoms. The second kappa shape index (κ2) is 9.44. The lowest BCUT2D eigenvalue weighted by Gasteiger charge is -2.35. The molecule has 0 bridgehead atoms. The number of benzene rings is 1. The van der Waals surface area contributed by atoms with Gasteiger partial charge in [-0.05, 0) is 18.2 Å². The van der Waals surface area contributed by atoms with Gasteiger partial charge in [0.2, 0.25) is 5.91 Å². The molecule has 10 heteroatoms. The van der Waals surface area contributed by atoms with Crippen LogP contribution in [0, 0.1) is 11.6 Å². The molecule has 182 valence electrons. The standard InChI is InChI=1S/C25H25F2N5O3/c1-15(33)32-9-6-21-22(14-32)29-24(16-10-18(34)13-28-12-16)25(30-21)31-7-4-19(5-8-31)35-23-3-2-17(26)11-20(23)27/h2-3,10-13,19,34H,4-9,14H2,1H3. The number of nitrogens with zero attached hydrogens (tertiary/aromatic N) is 5. The normalized spacial score (nSPS) is 16.2. The number of amides is 1. The first-order valence-electron chi connectivity index (χ1n) is 11.5. The molecule has 5 rings (SSSR count). The Hall–Kier alpha value is -3.82. The van der Waals surface area contributed by atoms with Crippen molar-refractivity contribution < 1.29 is 23.4 Å². The molecule has 2 aliphatic heterocycles. The van der Waals surface area contributed by atoms with Gasteiger partial charge in [-0.25, -0.2) is 18.7 Å². The van der Waals surface area contributed by atoms with Gasteiger partial charge in [0, 0.05) is 63.6 Å². The van der Waals surface area contributed by atoms with Crippen molar-refractivity contribution in [1.82, 2.24) is 19.9 Å². The summed E-state index contributed by atoms with van der Waals surface area (Å²) >= 11 is 0. The molecule has 0 saturated carbocycles. The topological polar surface area (TPSA) is 91.7 Å². The Kier molecular flexibility index (Phi) is 6.19. The number of rotatable bonds is 4. The minimum Gasteiger partial charge on any atom is -0.506 e. The van der Waals surface area contributed by atoms with Gasteiger partial charge >= 0.3 is 0 Å². The smallest absolute Gasteiger partial charge is 0.219 e. The fourth-order valence-corrected chi connectivity index (χ4v) is 4.50. The molecular formula is C25H25F2N5O3. The van der Waals surface area contributed by atoms with E-state index in [0.717, 1.165) is 17.5 Å². The summed E-state index contributed by atoms with van der Waals surface area (Å²) in [6, 6.07) is 4.89. The molecule has 0 atom stereocenters. The van der Waals surface area contributed by atoms with Crippen LogP contribution in [-0.4, -0.2) is 56.6 Å². The van der Waals surface area contributed by atoms with Crippen LogP contribution in [0.1, 0.15) is 31.2 Å². The largest absolute Gasteiger partial charge is 0.506 e. The van der Waals surface area contributed by atoms with E-state index in [-0.39, 0.29) is 23.5 Å². The van der Waals surface area contributed by atoms with E-state index in [1.807, 2.05) is 0 Å². The second-order valence-electron chi connectivity index (χ2n) is 8.79. The molecule has 1 fully saturated rings. The lowest BCUT2D eigenvalue weighted by Crippen LogP contribution is -2.40. The van der Waals surface area contributed by atoms with Crippen LogP contribution in [0.5, 0.6) is 11.5 Å². The van der Waals surface area contributed by atoms with E-state index in [4.69, 9.17) is 14.7 Å². The van der Waals surface area contributed by atoms with Crippen molar-refractivity contribution in [2.24, 2.45) is 0 Å². The highest BCUT2D eigenvalue weighted by atomic mass is 19.1. The van der Waals surface area contributed by atoms with Crippen molar-refractivity contribution in [3.05, 3.63) is 59.7 Å². The summed E-state index contributed by atoms with van der Waals surface area (Å²) in [6.07, 6.45) is 4.60. The number of piperidine rings is 1. The zero-order valence-electron chi connectivity index (χ0n) is 19.2. The molecular weight excluding hydrogens is 456 g/mol. The van der Waals surface area contributed by atoms with Crippen LogP contribution < -0.4 is 9.64 Å². The SMILES string of the molecule is CC(=O)N1CCc2nc(N3CCC(Oc4ccc(F)cc4F)CC3)c(-c3cncc(O)c3)nc2C1. The van der Waals surface area contributed by atoms with Crippen LogP contribution in [0.25, 0.3) is 11.3 Å². The predicted octanol–water partition coefficient (Wildman–Crippen LogP) is 3.47. The van der Waals surface area contributed by atoms with Crippen LogP contribution >= 0.6 is 0 Å². The van der Waals surface area contributed by atoms with Gasteiger partial charge in [-0.1, -0.05) is 0 Å². The quantitative estimate of drug-likeness (QED) is 0.610. The second-order valence-corrected chi connectivity index (χ2v) is 8.79. The first kappa shape index (κ1) is 22.9. The summed E-state index contributed by atoms with van der Waals surface area (Å²) in [4.78, 5) is 29.6. The minimum atomic E-state index is -0.716. The molecule has 2 aromatic heterocycles. The van der Waals surface area contributed by atoms with Gasteiger partial charge in [0.1, 0.15) is 23.4 Å². The van der Waals surface area contributed by atoms with E-state index in [9.17, 15) is 18.7 Å². The van der Waals surface area contributed by atoms with Gasteiger partial charge in [-0.3, -0.25) is 9.78 Å². The van der Waals surface area contributed by atoms with E-state index >= 15 is 0 Å². The van der Waals surface area contributed by atoms with Crippen molar-refractivity contribution in [3.8, 4) is 22.8 Å². The number of ether oxygens (including phenoxy) is 1. The Morgan fingerprint density at radius 3 is 2.60 bits per heavy atom. The summed E-state index contributed by atoms with van der Waals surface area (Å²) in [5, 5.41) is 10.00. The van der Waals surface area contributed by atoms with Gasteiger partial charge in [0.25, 0.3) is 0 Å². The van der Waals surface area contributed by atoms with Crippen LogP contribution in [0.15, 0.2) is 36.7 Å². The highest BCUT2D eigenvalue weighted by Crippen LogP contribution is 2.33. The van der Waals surface area contributed by atoms with E-state index in [0.29, 0.717) is 62.5 Å². The van der Waals surface area contributed by atoms with Crippen molar-refractivity contribution in [3.63, 3.8) is 0 Å². The first-order valence-corrected chi connectivity index (χ1v) is 11.5. The van der Waals surface area contributed by atoms with E-state index in [2.05, 4.69) is 9.88 Å². The number of anilines is 1. The number of halogens is 2. The number of aromatic hydroxyl groups is 1. The molecule has 0 unspecified atom stereocenters. The molecule has 8 nitrogen and oxygen atoms in total. The molecule has 3 aromatic rings. The van der Waals surface area contributed by atoms with E-state index < -0.39 is 11.6 Å². The predicted molar refractivity (Wildman–Crippen MR) is 124 cm³/mol. The van der Waals surface area contributed by atoms with Gasteiger partial charge in [-0.15, -0.1) is 0 Å². The number of carbonyl (C=O) groups excluding carboxylic acids is 1. The average Bonchev–Trinajstić information content (AvgIpc) is 2.85. The highest BCUT2D eigenvalue weighted by Gasteiger charge is 2.28. The first-order chi connectivity index (χ1) is 16.9. The maximum atomic E-state index is 14.0. The lowest BCUT2D eigenvalue weighted by atomic mass is 10.0. The number of carbonyl (C=O) groups is 1. The Morgan fingerprint density at radius 2 is 1.89 bits per heavy atom. The number of hydrogen-bond donors (Lipinski definition) is 1. The zero-order valence-corrected chi connectivity index (χ0v) is 19.2. The summed E-state index contributed by atoms with van der Waals surface area (Å²) in [7, 11) is 0. The zero-order chi connectivity index (χ0) is 24.5. The van der Waals surface area contributed by atoms with Crippen LogP contribution in [-0.2, 0) is 17.8 Å². The minimum absolute atomic E-state index is 0.0123. The third-order valence-corrected chi connectivity index (χ3v) is 6.36. The molecule has 0 aliphatic carbocycles. The molecule has 0 spiro atoms. The van der Waals surface area contributed by atoms with Crippen LogP contribution in [0.2, 0.25) is 0 Å². The molecule has 4 heterocycles. The Labute approximate surface area is 201 Å². The van der Waals surface area contributed by atoms with Gasteiger partial charge in [-0.2, -0.15) is 0 Å². The summed E-state index contributed by atoms with van der Waals surface area (Å²) in [6.45, 7) is 3.70. The molecule has 1 aromatic carbocycles. The average molecular weight is 482 g/mol. The Balaban J connectivity index is 1.40. The monoisotopic (exact) mass is 481 g/mol. The van der Waals surface area contributed by atoms with Gasteiger partial charge in [0.15, 0.2) is 17.4 Å². The number of fused-ring (bicyclic) bond motifs is 1. The fraction of sp³-hybridized carbons (Fsp3) is 0.360. The van der Waals surface area contributed by atoms with Crippen LogP contribution in [0.3, 0.4) is 0 Å². The van der Waals surface area contributed by atoms with E-state index in [1.54, 1.807) is 17.2 Å². The molecule has 1 N–H and O–H groups in total. The fourth-order valence-electron chi connectivity index (χ4n) is 4.50. The number of aromatic nitrogens is 3. The van der Waals surface area contributed by atoms with Crippen molar-refractivity contribution in [2.75, 3.05) is 24.5 Å². The Morgan fingerprint density at radius 1 is 1.09 bits per heavy atom. The summed E-state index contributed by atoms with van der Waals surface area (Å²) in [5.74, 6) is -0.630. The van der Waals surface area contributed by atoms with E-state index in [1.165, 1.54) is 25.3 Å². The maximum absolute atomic E-state index is 14.0. The van der Waals surface area contributed by atoms with Gasteiger partial charge < -0.3 is 19.6 Å². The Bertz CT molecular complexity index is 1260. The maximum Gasteiger partial charge on any atom is 0.219 e. The number of hydrogen-bond acceptors (Lipinski definition) is 7. The molecule has 1 saturated heterocycles. The van der Waals surface area contributed by atoms with Crippen molar-refractivity contribution in [2.45, 2.75) is 38.8 Å². The molecule has 0 radical (unpaired) electrons. The van der Waals surface area contributed by atoms with Crippen LogP contribution in [0.4, 0.5) is 14.6 Å². The molecule has 2 aliphatic rings. The number of pyridine rings is 1. The summed E-state index contributed by atoms with van der Waals surface area (Å²) < 4.78 is 33.0. The lowest BCUT2D eigenvalue weighted by molar-refractivity contribution is -0.129. The third kappa shape index (κ3) is 4.87. The van der Waals surface area contributed by atoms with Crippen molar-refractivity contribution in [1.29, 1.82) is 0 Å².